The first kappa shape index (κ1) is 47.5. The van der Waals surface area contributed by atoms with E-state index >= 15 is 0 Å². The Morgan fingerprint density at radius 1 is 0.807 bits per heavy atom. The lowest BCUT2D eigenvalue weighted by molar-refractivity contribution is -0.137. The van der Waals surface area contributed by atoms with Gasteiger partial charge in [0, 0.05) is 61.9 Å². The number of phenols is 1. The van der Waals surface area contributed by atoms with Crippen LogP contribution < -0.4 is 33.6 Å². The fraction of sp³-hybridized carbons (Fsp3) is 0.564. The topological polar surface area (TPSA) is 329 Å². The summed E-state index contributed by atoms with van der Waals surface area (Å²) in [5, 5.41) is 25.2. The summed E-state index contributed by atoms with van der Waals surface area (Å²) in [7, 11) is 0. The zero-order valence-electron chi connectivity index (χ0n) is 33.1. The Labute approximate surface area is 332 Å². The number of phenolic OH excluding ortho intramolecular Hbond substituents is 1. The van der Waals surface area contributed by atoms with Gasteiger partial charge in [-0.05, 0) is 49.8 Å². The number of amides is 4. The van der Waals surface area contributed by atoms with Crippen LogP contribution in [0, 0.1) is 29.6 Å². The summed E-state index contributed by atoms with van der Waals surface area (Å²) in [4.78, 5) is 104. The van der Waals surface area contributed by atoms with E-state index in [-0.39, 0.29) is 56.8 Å². The molecule has 13 N–H and O–H groups in total. The van der Waals surface area contributed by atoms with E-state index in [1.165, 1.54) is 38.5 Å². The summed E-state index contributed by atoms with van der Waals surface area (Å²) in [5.41, 5.74) is 23.1. The van der Waals surface area contributed by atoms with Crippen LogP contribution in [0.1, 0.15) is 83.9 Å². The van der Waals surface area contributed by atoms with E-state index in [0.29, 0.717) is 17.7 Å². The van der Waals surface area contributed by atoms with Crippen LogP contribution in [-0.4, -0.2) is 91.9 Å². The van der Waals surface area contributed by atoms with E-state index in [4.69, 9.17) is 22.9 Å². The summed E-state index contributed by atoms with van der Waals surface area (Å²) in [6.45, 7) is 6.71. The highest BCUT2D eigenvalue weighted by Crippen LogP contribution is 2.23. The van der Waals surface area contributed by atoms with Crippen molar-refractivity contribution in [1.82, 2.24) is 20.6 Å². The second-order valence-corrected chi connectivity index (χ2v) is 14.7. The molecule has 0 saturated carbocycles. The van der Waals surface area contributed by atoms with E-state index < -0.39 is 102 Å². The number of imidazole rings is 1. The van der Waals surface area contributed by atoms with Crippen molar-refractivity contribution < 1.29 is 43.8 Å². The van der Waals surface area contributed by atoms with Gasteiger partial charge >= 0.3 is 0 Å². The summed E-state index contributed by atoms with van der Waals surface area (Å²) >= 11 is 0. The van der Waals surface area contributed by atoms with E-state index in [0.717, 1.165) is 0 Å². The number of aromatic nitrogens is 2. The van der Waals surface area contributed by atoms with Crippen molar-refractivity contribution in [2.45, 2.75) is 104 Å². The van der Waals surface area contributed by atoms with Crippen molar-refractivity contribution in [2.75, 3.05) is 6.54 Å². The second-order valence-electron chi connectivity index (χ2n) is 14.7. The first-order valence-electron chi connectivity index (χ1n) is 19.1. The maximum atomic E-state index is 14.1. The van der Waals surface area contributed by atoms with E-state index in [1.807, 2.05) is 6.92 Å². The number of carbonyl (C=O) groups excluding carboxylic acids is 7. The molecule has 0 radical (unpaired) electrons. The van der Waals surface area contributed by atoms with Gasteiger partial charge < -0.3 is 48.8 Å². The number of H-pyrrole nitrogens is 1. The molecule has 0 fully saturated rings. The molecule has 57 heavy (non-hydrogen) atoms. The largest absolute Gasteiger partial charge is 0.508 e. The normalized spacial score (nSPS) is 15.4. The van der Waals surface area contributed by atoms with Crippen molar-refractivity contribution in [3.63, 3.8) is 0 Å². The Hall–Kier alpha value is -5.65. The lowest BCUT2D eigenvalue weighted by Gasteiger charge is -2.28. The average Bonchev–Trinajstić information content (AvgIpc) is 3.66. The second kappa shape index (κ2) is 23.4. The lowest BCUT2D eigenvalue weighted by atomic mass is 9.86. The molecule has 0 aliphatic heterocycles. The number of ketones is 3. The van der Waals surface area contributed by atoms with Crippen LogP contribution in [0.4, 0.5) is 0 Å². The van der Waals surface area contributed by atoms with Gasteiger partial charge in [0.15, 0.2) is 17.5 Å². The fourth-order valence-corrected chi connectivity index (χ4v) is 6.22. The van der Waals surface area contributed by atoms with Gasteiger partial charge in [-0.25, -0.2) is 4.98 Å². The molecule has 314 valence electrons. The monoisotopic (exact) mass is 797 g/mol. The number of aliphatic imine (C=N–C) groups is 1. The zero-order chi connectivity index (χ0) is 42.8. The van der Waals surface area contributed by atoms with Gasteiger partial charge in [-0.2, -0.15) is 0 Å². The Morgan fingerprint density at radius 2 is 1.42 bits per heavy atom. The molecule has 4 amide bonds. The molecule has 0 aliphatic carbocycles. The SMILES string of the molecule is CC[C@H](C)[C@H](NC(=O)[C@@H](CC(=O)[C@H](CC(N)=O)NC(=O)[C@H](CCCN=C(N)N)CC(=O)[C@@H](C)[C@@H](C)O)Cc1ccc(O)cc1)C(=O)C[C@@H](Cc1cnc[nH]1)C(N)=O. The minimum Gasteiger partial charge on any atom is -0.508 e. The number of nitrogens with two attached hydrogens (primary N) is 4. The highest BCUT2D eigenvalue weighted by molar-refractivity contribution is 5.98. The summed E-state index contributed by atoms with van der Waals surface area (Å²) < 4.78 is 0. The average molecular weight is 798 g/mol. The third kappa shape index (κ3) is 16.5. The molecule has 18 heteroatoms. The molecule has 0 spiro atoms. The summed E-state index contributed by atoms with van der Waals surface area (Å²) in [6, 6.07) is 3.39. The number of guanidine groups is 1. The number of rotatable bonds is 27. The minimum atomic E-state index is -1.49. The van der Waals surface area contributed by atoms with E-state index in [1.54, 1.807) is 19.1 Å². The van der Waals surface area contributed by atoms with Crippen molar-refractivity contribution in [1.29, 1.82) is 0 Å². The number of aromatic hydroxyl groups is 1. The molecule has 18 nitrogen and oxygen atoms in total. The van der Waals surface area contributed by atoms with Crippen LogP contribution in [0.2, 0.25) is 0 Å². The molecule has 1 aromatic heterocycles. The fourth-order valence-electron chi connectivity index (χ4n) is 6.22. The van der Waals surface area contributed by atoms with Crippen LogP contribution in [0.3, 0.4) is 0 Å². The van der Waals surface area contributed by atoms with Crippen LogP contribution >= 0.6 is 0 Å². The van der Waals surface area contributed by atoms with Crippen LogP contribution in [0.15, 0.2) is 41.8 Å². The number of benzene rings is 1. The Bertz CT molecular complexity index is 1690. The van der Waals surface area contributed by atoms with E-state index in [9.17, 15) is 43.8 Å². The number of hydrogen-bond acceptors (Lipinski definition) is 11. The molecular formula is C39H59N9O9. The molecule has 8 atom stereocenters. The lowest BCUT2D eigenvalue weighted by Crippen LogP contribution is -2.50. The maximum absolute atomic E-state index is 14.1. The number of aliphatic hydroxyl groups excluding tert-OH is 1. The van der Waals surface area contributed by atoms with Crippen LogP contribution in [-0.2, 0) is 46.4 Å². The van der Waals surface area contributed by atoms with Gasteiger partial charge in [-0.1, -0.05) is 39.3 Å². The third-order valence-corrected chi connectivity index (χ3v) is 10.1. The summed E-state index contributed by atoms with van der Waals surface area (Å²) in [6.07, 6.45) is 1.24. The van der Waals surface area contributed by atoms with Gasteiger partial charge in [0.1, 0.15) is 11.5 Å². The standard InChI is InChI=1S/C39H59N9O9/c1-5-21(2)35(33(53)16-26(36(41)55)14-28-19-44-20-46-28)48-38(57)27(13-24-8-10-29(50)11-9-24)17-32(52)30(18-34(40)54)47-37(56)25(7-6-12-45-39(42)43)15-31(51)22(3)23(4)49/h8-11,19-23,25-27,30,35,49-50H,5-7,12-18H2,1-4H3,(H2,40,54)(H2,41,55)(H,44,46)(H,47,56)(H,48,57)(H4,42,43,45)/t21-,22-,23+,25+,26+,27+,30-,35-/m0/s1. The third-order valence-electron chi connectivity index (χ3n) is 10.1. The molecule has 0 aliphatic rings. The number of Topliss-reactive ketones (excluding diaryl/α,β-unsaturated/α-hetero) is 3. The quantitative estimate of drug-likeness (QED) is 0.0330. The highest BCUT2D eigenvalue weighted by atomic mass is 16.3. The molecular weight excluding hydrogens is 738 g/mol. The number of aromatic amines is 1. The van der Waals surface area contributed by atoms with Crippen LogP contribution in [0.5, 0.6) is 5.75 Å². The van der Waals surface area contributed by atoms with Gasteiger partial charge in [0.05, 0.1) is 36.9 Å². The highest BCUT2D eigenvalue weighted by Gasteiger charge is 2.35. The van der Waals surface area contributed by atoms with E-state index in [2.05, 4.69) is 25.6 Å². The van der Waals surface area contributed by atoms with Gasteiger partial charge in [-0.15, -0.1) is 0 Å². The zero-order valence-corrected chi connectivity index (χ0v) is 33.1. The molecule has 2 aromatic rings. The number of aliphatic hydroxyl groups is 1. The van der Waals surface area contributed by atoms with Crippen LogP contribution in [0.25, 0.3) is 0 Å². The Kier molecular flexibility index (Phi) is 19.5. The number of carbonyl (C=O) groups is 7. The van der Waals surface area contributed by atoms with Crippen molar-refractivity contribution in [2.24, 2.45) is 57.5 Å². The summed E-state index contributed by atoms with van der Waals surface area (Å²) in [5.74, 6) is -9.00. The smallest absolute Gasteiger partial charge is 0.224 e. The Balaban J connectivity index is 2.41. The van der Waals surface area contributed by atoms with Gasteiger partial charge in [-0.3, -0.25) is 38.6 Å². The number of nitrogens with zero attached hydrogens (tertiary/aromatic N) is 2. The maximum Gasteiger partial charge on any atom is 0.224 e. The first-order chi connectivity index (χ1) is 26.8. The van der Waals surface area contributed by atoms with Crippen molar-refractivity contribution >= 4 is 46.9 Å². The molecule has 0 unspecified atom stereocenters. The number of primary amides is 2. The number of nitrogens with one attached hydrogen (secondary N) is 3. The predicted octanol–water partition coefficient (Wildman–Crippen LogP) is 0.0736. The van der Waals surface area contributed by atoms with Crippen molar-refractivity contribution in [3.8, 4) is 5.75 Å². The van der Waals surface area contributed by atoms with Gasteiger partial charge in [0.25, 0.3) is 0 Å². The molecule has 2 rings (SSSR count). The predicted molar refractivity (Wildman–Crippen MR) is 211 cm³/mol. The Morgan fingerprint density at radius 3 is 1.96 bits per heavy atom. The molecule has 1 heterocycles. The van der Waals surface area contributed by atoms with Crippen molar-refractivity contribution in [3.05, 3.63) is 48.0 Å². The molecule has 1 aromatic carbocycles. The molecule has 0 bridgehead atoms. The number of hydrogen-bond donors (Lipinski definition) is 9. The first-order valence-corrected chi connectivity index (χ1v) is 19.1. The van der Waals surface area contributed by atoms with Gasteiger partial charge in [0.2, 0.25) is 23.6 Å². The molecule has 0 saturated heterocycles. The minimum absolute atomic E-state index is 0.0317.